The average Bonchev–Trinajstić information content (AvgIpc) is 2.59. The Bertz CT molecular complexity index is 654. The van der Waals surface area contributed by atoms with E-state index in [1.165, 1.54) is 0 Å². The molecule has 2 rings (SSSR count). The number of anilines is 1. The van der Waals surface area contributed by atoms with Crippen molar-refractivity contribution in [2.24, 2.45) is 0 Å². The molecule has 0 radical (unpaired) electrons. The predicted octanol–water partition coefficient (Wildman–Crippen LogP) is 4.53. The lowest BCUT2D eigenvalue weighted by Crippen LogP contribution is -2.38. The summed E-state index contributed by atoms with van der Waals surface area (Å²) in [5, 5.41) is 4.62. The SMILES string of the molecule is COCCCN(C(=S)Nc1cccc(Cl)c1)[C@@H](C)c1ccncc1. The number of nitrogens with one attached hydrogen (secondary N) is 1. The molecule has 0 unspecified atom stereocenters. The van der Waals surface area contributed by atoms with Crippen molar-refractivity contribution in [1.82, 2.24) is 9.88 Å². The largest absolute Gasteiger partial charge is 0.385 e. The van der Waals surface area contributed by atoms with E-state index < -0.39 is 0 Å². The van der Waals surface area contributed by atoms with Crippen molar-refractivity contribution in [3.8, 4) is 0 Å². The first-order chi connectivity index (χ1) is 11.6. The van der Waals surface area contributed by atoms with Crippen molar-refractivity contribution in [1.29, 1.82) is 0 Å². The van der Waals surface area contributed by atoms with Gasteiger partial charge in [0, 0.05) is 43.4 Å². The third-order valence-electron chi connectivity index (χ3n) is 3.74. The monoisotopic (exact) mass is 363 g/mol. The molecule has 1 aromatic heterocycles. The van der Waals surface area contributed by atoms with Gasteiger partial charge < -0.3 is 15.0 Å². The minimum absolute atomic E-state index is 0.129. The molecule has 0 bridgehead atoms. The first kappa shape index (κ1) is 18.6. The molecule has 2 aromatic rings. The van der Waals surface area contributed by atoms with Crippen LogP contribution >= 0.6 is 23.8 Å². The van der Waals surface area contributed by atoms with Crippen LogP contribution in [0, 0.1) is 0 Å². The summed E-state index contributed by atoms with van der Waals surface area (Å²) in [6, 6.07) is 11.7. The van der Waals surface area contributed by atoms with Crippen LogP contribution in [0.1, 0.15) is 24.9 Å². The standard InChI is InChI=1S/C18H22ClN3OS/c1-14(15-7-9-20-10-8-15)22(11-4-12-23-2)18(24)21-17-6-3-5-16(19)13-17/h3,5-10,13-14H,4,11-12H2,1-2H3,(H,21,24)/t14-/m0/s1. The van der Waals surface area contributed by atoms with Gasteiger partial charge in [0.1, 0.15) is 0 Å². The Morgan fingerprint density at radius 2 is 2.08 bits per heavy atom. The van der Waals surface area contributed by atoms with Crippen LogP contribution in [0.2, 0.25) is 5.02 Å². The van der Waals surface area contributed by atoms with E-state index in [1.54, 1.807) is 19.5 Å². The molecule has 6 heteroatoms. The van der Waals surface area contributed by atoms with Gasteiger partial charge in [-0.3, -0.25) is 4.98 Å². The van der Waals surface area contributed by atoms with Crippen LogP contribution in [0.4, 0.5) is 5.69 Å². The molecule has 1 N–H and O–H groups in total. The Kier molecular flexibility index (Phi) is 7.43. The second-order valence-corrected chi connectivity index (χ2v) is 6.26. The van der Waals surface area contributed by atoms with E-state index in [0.717, 1.165) is 24.2 Å². The topological polar surface area (TPSA) is 37.4 Å². The fraction of sp³-hybridized carbons (Fsp3) is 0.333. The molecule has 0 saturated heterocycles. The van der Waals surface area contributed by atoms with Gasteiger partial charge in [-0.25, -0.2) is 0 Å². The van der Waals surface area contributed by atoms with E-state index in [1.807, 2.05) is 36.4 Å². The third kappa shape index (κ3) is 5.44. The van der Waals surface area contributed by atoms with Crippen molar-refractivity contribution >= 4 is 34.6 Å². The smallest absolute Gasteiger partial charge is 0.173 e. The number of halogens is 1. The van der Waals surface area contributed by atoms with E-state index in [4.69, 9.17) is 28.6 Å². The van der Waals surface area contributed by atoms with Crippen LogP contribution < -0.4 is 5.32 Å². The zero-order valence-corrected chi connectivity index (χ0v) is 15.5. The predicted molar refractivity (Wildman–Crippen MR) is 104 cm³/mol. The number of thiocarbonyl (C=S) groups is 1. The summed E-state index contributed by atoms with van der Waals surface area (Å²) >= 11 is 11.7. The number of benzene rings is 1. The molecule has 0 aliphatic carbocycles. The molecular weight excluding hydrogens is 342 g/mol. The van der Waals surface area contributed by atoms with Crippen molar-refractivity contribution in [3.63, 3.8) is 0 Å². The zero-order valence-electron chi connectivity index (χ0n) is 13.9. The van der Waals surface area contributed by atoms with Gasteiger partial charge in [-0.1, -0.05) is 17.7 Å². The first-order valence-electron chi connectivity index (χ1n) is 7.84. The number of ether oxygens (including phenoxy) is 1. The molecule has 4 nitrogen and oxygen atoms in total. The molecule has 24 heavy (non-hydrogen) atoms. The highest BCUT2D eigenvalue weighted by atomic mass is 35.5. The summed E-state index contributed by atoms with van der Waals surface area (Å²) in [7, 11) is 1.71. The molecule has 0 fully saturated rings. The van der Waals surface area contributed by atoms with Crippen LogP contribution in [0.15, 0.2) is 48.8 Å². The van der Waals surface area contributed by atoms with Gasteiger partial charge in [0.15, 0.2) is 5.11 Å². The van der Waals surface area contributed by atoms with E-state index in [-0.39, 0.29) is 6.04 Å². The summed E-state index contributed by atoms with van der Waals surface area (Å²) in [6.07, 6.45) is 4.49. The highest BCUT2D eigenvalue weighted by Gasteiger charge is 2.18. The number of hydrogen-bond acceptors (Lipinski definition) is 3. The number of nitrogens with zero attached hydrogens (tertiary/aromatic N) is 2. The lowest BCUT2D eigenvalue weighted by Gasteiger charge is -2.32. The summed E-state index contributed by atoms with van der Waals surface area (Å²) in [5.74, 6) is 0. The maximum absolute atomic E-state index is 6.05. The molecule has 0 aliphatic rings. The number of rotatable bonds is 7. The molecule has 1 atom stereocenters. The molecule has 1 aromatic carbocycles. The van der Waals surface area contributed by atoms with Crippen LogP contribution in [-0.2, 0) is 4.74 Å². The minimum Gasteiger partial charge on any atom is -0.385 e. The van der Waals surface area contributed by atoms with Gasteiger partial charge >= 0.3 is 0 Å². The second kappa shape index (κ2) is 9.57. The lowest BCUT2D eigenvalue weighted by atomic mass is 10.1. The van der Waals surface area contributed by atoms with Crippen molar-refractivity contribution in [3.05, 3.63) is 59.4 Å². The summed E-state index contributed by atoms with van der Waals surface area (Å²) in [4.78, 5) is 6.24. The Labute approximate surface area is 153 Å². The van der Waals surface area contributed by atoms with Gasteiger partial charge in [0.2, 0.25) is 0 Å². The Morgan fingerprint density at radius 3 is 2.75 bits per heavy atom. The molecule has 0 aliphatic heterocycles. The average molecular weight is 364 g/mol. The van der Waals surface area contributed by atoms with Crippen LogP contribution in [0.5, 0.6) is 0 Å². The fourth-order valence-electron chi connectivity index (χ4n) is 2.43. The number of hydrogen-bond donors (Lipinski definition) is 1. The van der Waals surface area contributed by atoms with Crippen molar-refractivity contribution in [2.75, 3.05) is 25.6 Å². The zero-order chi connectivity index (χ0) is 17.4. The number of aromatic nitrogens is 1. The second-order valence-electron chi connectivity index (χ2n) is 5.44. The van der Waals surface area contributed by atoms with Gasteiger partial charge in [0.25, 0.3) is 0 Å². The highest BCUT2D eigenvalue weighted by molar-refractivity contribution is 7.80. The van der Waals surface area contributed by atoms with E-state index in [9.17, 15) is 0 Å². The van der Waals surface area contributed by atoms with Gasteiger partial charge in [-0.15, -0.1) is 0 Å². The van der Waals surface area contributed by atoms with Crippen molar-refractivity contribution < 1.29 is 4.74 Å². The molecule has 128 valence electrons. The van der Waals surface area contributed by atoms with Gasteiger partial charge in [0.05, 0.1) is 6.04 Å². The van der Waals surface area contributed by atoms with Crippen LogP contribution in [0.3, 0.4) is 0 Å². The third-order valence-corrected chi connectivity index (χ3v) is 4.31. The van der Waals surface area contributed by atoms with E-state index >= 15 is 0 Å². The quantitative estimate of drug-likeness (QED) is 0.577. The maximum atomic E-state index is 6.05. The van der Waals surface area contributed by atoms with Crippen molar-refractivity contribution in [2.45, 2.75) is 19.4 Å². The first-order valence-corrected chi connectivity index (χ1v) is 8.62. The molecule has 0 saturated carbocycles. The normalized spacial score (nSPS) is 11.8. The number of methoxy groups -OCH3 is 1. The molecule has 0 amide bonds. The Hall–Kier alpha value is -1.69. The van der Waals surface area contributed by atoms with Crippen LogP contribution in [-0.4, -0.2) is 35.3 Å². The summed E-state index contributed by atoms with van der Waals surface area (Å²) in [6.45, 7) is 3.62. The maximum Gasteiger partial charge on any atom is 0.173 e. The number of pyridine rings is 1. The molecule has 1 heterocycles. The van der Waals surface area contributed by atoms with Gasteiger partial charge in [-0.2, -0.15) is 0 Å². The lowest BCUT2D eigenvalue weighted by molar-refractivity contribution is 0.181. The van der Waals surface area contributed by atoms with Crippen LogP contribution in [0.25, 0.3) is 0 Å². The fourth-order valence-corrected chi connectivity index (χ4v) is 2.99. The highest BCUT2D eigenvalue weighted by Crippen LogP contribution is 2.22. The molecular formula is C18H22ClN3OS. The van der Waals surface area contributed by atoms with E-state index in [2.05, 4.69) is 22.1 Å². The summed E-state index contributed by atoms with van der Waals surface area (Å²) in [5.41, 5.74) is 2.05. The Balaban J connectivity index is 2.13. The Morgan fingerprint density at radius 1 is 1.33 bits per heavy atom. The van der Waals surface area contributed by atoms with Gasteiger partial charge in [-0.05, 0) is 61.5 Å². The van der Waals surface area contributed by atoms with E-state index in [0.29, 0.717) is 16.7 Å². The minimum atomic E-state index is 0.129. The summed E-state index contributed by atoms with van der Waals surface area (Å²) < 4.78 is 5.17. The molecule has 0 spiro atoms.